The van der Waals surface area contributed by atoms with Gasteiger partial charge in [0.15, 0.2) is 5.76 Å². The van der Waals surface area contributed by atoms with E-state index in [9.17, 15) is 25.0 Å². The largest absolute Gasteiger partial charge is 0.455 e. The van der Waals surface area contributed by atoms with Gasteiger partial charge in [-0.3, -0.25) is 30.4 Å². The van der Waals surface area contributed by atoms with E-state index >= 15 is 0 Å². The van der Waals surface area contributed by atoms with Crippen LogP contribution in [0, 0.1) is 27.2 Å². The van der Waals surface area contributed by atoms with Crippen molar-refractivity contribution in [2.75, 3.05) is 10.7 Å². The van der Waals surface area contributed by atoms with Gasteiger partial charge in [-0.05, 0) is 38.0 Å². The van der Waals surface area contributed by atoms with Crippen LogP contribution in [0.2, 0.25) is 10.0 Å². The lowest BCUT2D eigenvalue weighted by Gasteiger charge is -2.13. The highest BCUT2D eigenvalue weighted by atomic mass is 35.5. The molecule has 2 N–H and O–H groups in total. The first-order chi connectivity index (χ1) is 16.7. The van der Waals surface area contributed by atoms with Crippen LogP contribution in [-0.4, -0.2) is 21.5 Å². The van der Waals surface area contributed by atoms with Crippen LogP contribution in [0.25, 0.3) is 0 Å². The molecule has 11 nitrogen and oxygen atoms in total. The second-order valence-corrected chi connectivity index (χ2v) is 8.43. The van der Waals surface area contributed by atoms with E-state index in [1.165, 1.54) is 6.07 Å². The molecule has 4 rings (SSSR count). The molecule has 0 aliphatic heterocycles. The number of fused-ring (bicyclic) bond motifs is 1. The number of hydrogen-bond donors (Lipinski definition) is 2. The molecule has 1 aliphatic carbocycles. The summed E-state index contributed by atoms with van der Waals surface area (Å²) >= 11 is 12.2. The van der Waals surface area contributed by atoms with Crippen molar-refractivity contribution in [2.45, 2.75) is 26.2 Å². The fourth-order valence-electron chi connectivity index (χ4n) is 3.78. The van der Waals surface area contributed by atoms with E-state index in [4.69, 9.17) is 27.6 Å². The number of aryl methyl sites for hydroxylation is 1. The van der Waals surface area contributed by atoms with Crippen LogP contribution in [0.1, 0.15) is 40.3 Å². The highest BCUT2D eigenvalue weighted by Crippen LogP contribution is 2.34. The van der Waals surface area contributed by atoms with Crippen molar-refractivity contribution in [3.63, 3.8) is 0 Å². The Morgan fingerprint density at radius 1 is 1.09 bits per heavy atom. The lowest BCUT2D eigenvalue weighted by Crippen LogP contribution is -2.15. The SMILES string of the molecule is Cc1c(C(=O)Nc2cccc(Cl)c2Cl)oc2c1/C(=N/Nc1ccc([N+](=O)[O-])cc1[N+](=O)[O-])CCC2. The molecule has 2 aromatic carbocycles. The van der Waals surface area contributed by atoms with Gasteiger partial charge in [-0.15, -0.1) is 0 Å². The lowest BCUT2D eigenvalue weighted by molar-refractivity contribution is -0.393. The molecule has 0 atom stereocenters. The van der Waals surface area contributed by atoms with Gasteiger partial charge < -0.3 is 9.73 Å². The van der Waals surface area contributed by atoms with Gasteiger partial charge in [-0.2, -0.15) is 5.10 Å². The van der Waals surface area contributed by atoms with Crippen molar-refractivity contribution in [1.29, 1.82) is 0 Å². The number of furan rings is 1. The first-order valence-electron chi connectivity index (χ1n) is 10.3. The molecule has 0 saturated carbocycles. The van der Waals surface area contributed by atoms with Gasteiger partial charge in [0.1, 0.15) is 11.4 Å². The maximum atomic E-state index is 12.9. The molecule has 3 aromatic rings. The summed E-state index contributed by atoms with van der Waals surface area (Å²) in [5, 5.41) is 29.8. The third-order valence-corrected chi connectivity index (χ3v) is 6.25. The van der Waals surface area contributed by atoms with Gasteiger partial charge >= 0.3 is 5.69 Å². The van der Waals surface area contributed by atoms with Crippen molar-refractivity contribution in [1.82, 2.24) is 0 Å². The number of carbonyl (C=O) groups is 1. The normalized spacial score (nSPS) is 13.9. The number of hydrazone groups is 1. The Kier molecular flexibility index (Phi) is 6.72. The number of benzene rings is 2. The summed E-state index contributed by atoms with van der Waals surface area (Å²) in [6.45, 7) is 1.71. The van der Waals surface area contributed by atoms with E-state index in [1.54, 1.807) is 25.1 Å². The number of anilines is 2. The maximum Gasteiger partial charge on any atom is 0.301 e. The lowest BCUT2D eigenvalue weighted by atomic mass is 9.93. The molecule has 0 saturated heterocycles. The molecule has 13 heteroatoms. The molecule has 0 bridgehead atoms. The van der Waals surface area contributed by atoms with Gasteiger partial charge in [0.05, 0.1) is 37.4 Å². The van der Waals surface area contributed by atoms with Crippen molar-refractivity contribution in [3.05, 3.63) is 89.3 Å². The van der Waals surface area contributed by atoms with Crippen LogP contribution in [0.3, 0.4) is 0 Å². The summed E-state index contributed by atoms with van der Waals surface area (Å²) in [6.07, 6.45) is 1.80. The summed E-state index contributed by atoms with van der Waals surface area (Å²) in [5.41, 5.74) is 3.80. The van der Waals surface area contributed by atoms with Crippen molar-refractivity contribution < 1.29 is 19.1 Å². The van der Waals surface area contributed by atoms with Crippen molar-refractivity contribution in [2.24, 2.45) is 5.10 Å². The van der Waals surface area contributed by atoms with Gasteiger partial charge in [0.25, 0.3) is 11.6 Å². The summed E-state index contributed by atoms with van der Waals surface area (Å²) in [5.74, 6) is 0.135. The van der Waals surface area contributed by atoms with E-state index < -0.39 is 27.1 Å². The topological polar surface area (TPSA) is 153 Å². The second-order valence-electron chi connectivity index (χ2n) is 7.65. The number of halogens is 2. The molecule has 1 heterocycles. The monoisotopic (exact) mass is 517 g/mol. The highest BCUT2D eigenvalue weighted by molar-refractivity contribution is 6.44. The Bertz CT molecular complexity index is 1400. The van der Waals surface area contributed by atoms with Gasteiger partial charge in [-0.1, -0.05) is 29.3 Å². The Hall–Kier alpha value is -3.96. The third kappa shape index (κ3) is 4.81. The Morgan fingerprint density at radius 3 is 2.57 bits per heavy atom. The first-order valence-corrected chi connectivity index (χ1v) is 11.1. The zero-order valence-corrected chi connectivity index (χ0v) is 19.6. The minimum Gasteiger partial charge on any atom is -0.455 e. The standard InChI is InChI=1S/C22H17Cl2N5O6/c1-11-19-15(27-26-14-9-8-12(28(31)32)10-17(14)29(33)34)5-3-7-18(19)35-21(11)22(30)25-16-6-2-4-13(23)20(16)24/h2,4,6,8-10,26H,3,5,7H2,1H3,(H,25,30)/b27-15+. The van der Waals surface area contributed by atoms with Crippen LogP contribution in [0.5, 0.6) is 0 Å². The summed E-state index contributed by atoms with van der Waals surface area (Å²) < 4.78 is 5.85. The van der Waals surface area contributed by atoms with Crippen LogP contribution >= 0.6 is 23.2 Å². The van der Waals surface area contributed by atoms with Crippen LogP contribution in [0.4, 0.5) is 22.7 Å². The molecule has 1 amide bonds. The molecule has 35 heavy (non-hydrogen) atoms. The van der Waals surface area contributed by atoms with Gasteiger partial charge in [0, 0.05) is 23.6 Å². The Balaban J connectivity index is 1.64. The minimum absolute atomic E-state index is 0.00469. The number of nitrogens with zero attached hydrogens (tertiary/aromatic N) is 3. The molecular weight excluding hydrogens is 501 g/mol. The smallest absolute Gasteiger partial charge is 0.301 e. The molecule has 0 radical (unpaired) electrons. The fourth-order valence-corrected chi connectivity index (χ4v) is 4.13. The number of hydrogen-bond acceptors (Lipinski definition) is 8. The Morgan fingerprint density at radius 2 is 1.86 bits per heavy atom. The third-order valence-electron chi connectivity index (χ3n) is 5.43. The quantitative estimate of drug-likeness (QED) is 0.295. The number of amides is 1. The predicted molar refractivity (Wildman–Crippen MR) is 131 cm³/mol. The summed E-state index contributed by atoms with van der Waals surface area (Å²) in [6, 6.07) is 8.09. The number of non-ortho nitro benzene ring substituents is 1. The van der Waals surface area contributed by atoms with E-state index in [-0.39, 0.29) is 16.5 Å². The van der Waals surface area contributed by atoms with Crippen LogP contribution in [0.15, 0.2) is 45.9 Å². The first kappa shape index (κ1) is 24.2. The van der Waals surface area contributed by atoms with E-state index in [1.807, 2.05) is 0 Å². The zero-order chi connectivity index (χ0) is 25.3. The Labute approximate surface area is 208 Å². The van der Waals surface area contributed by atoms with E-state index in [0.717, 1.165) is 12.1 Å². The van der Waals surface area contributed by atoms with Crippen LogP contribution in [-0.2, 0) is 6.42 Å². The number of nitrogens with one attached hydrogen (secondary N) is 2. The van der Waals surface area contributed by atoms with Gasteiger partial charge in [0.2, 0.25) is 0 Å². The maximum absolute atomic E-state index is 12.9. The molecule has 1 aliphatic rings. The molecule has 0 unspecified atom stereocenters. The zero-order valence-electron chi connectivity index (χ0n) is 18.1. The number of nitro groups is 2. The number of carbonyl (C=O) groups excluding carboxylic acids is 1. The predicted octanol–water partition coefficient (Wildman–Crippen LogP) is 6.12. The number of rotatable bonds is 6. The summed E-state index contributed by atoms with van der Waals surface area (Å²) in [7, 11) is 0. The van der Waals surface area contributed by atoms with E-state index in [2.05, 4.69) is 15.8 Å². The molecule has 1 aromatic heterocycles. The second kappa shape index (κ2) is 9.72. The molecule has 0 fully saturated rings. The fraction of sp³-hybridized carbons (Fsp3) is 0.182. The number of nitro benzene ring substituents is 2. The van der Waals surface area contributed by atoms with E-state index in [0.29, 0.717) is 52.6 Å². The summed E-state index contributed by atoms with van der Waals surface area (Å²) in [4.78, 5) is 33.8. The molecule has 180 valence electrons. The molecular formula is C22H17Cl2N5O6. The van der Waals surface area contributed by atoms with Crippen molar-refractivity contribution >= 4 is 57.6 Å². The van der Waals surface area contributed by atoms with Gasteiger partial charge in [-0.25, -0.2) is 0 Å². The van der Waals surface area contributed by atoms with Crippen molar-refractivity contribution in [3.8, 4) is 0 Å². The minimum atomic E-state index is -0.728. The average molecular weight is 518 g/mol. The molecule has 0 spiro atoms. The average Bonchev–Trinajstić information content (AvgIpc) is 3.17. The van der Waals surface area contributed by atoms with Crippen LogP contribution < -0.4 is 10.7 Å². The highest BCUT2D eigenvalue weighted by Gasteiger charge is 2.29.